The smallest absolute Gasteiger partial charge is 0.308 e. The zero-order valence-electron chi connectivity index (χ0n) is 35.3. The Kier molecular flexibility index (Phi) is 36.3. The van der Waals surface area contributed by atoms with Crippen molar-refractivity contribution in [2.75, 3.05) is 52.5 Å². The molecule has 0 aromatic heterocycles. The van der Waals surface area contributed by atoms with Gasteiger partial charge in [-0.1, -0.05) is 105 Å². The molecule has 5 atom stereocenters. The fourth-order valence-corrected chi connectivity index (χ4v) is 6.70. The lowest BCUT2D eigenvalue weighted by Crippen LogP contribution is -2.38. The third-order valence-electron chi connectivity index (χ3n) is 10.1. The van der Waals surface area contributed by atoms with Crippen LogP contribution in [0.5, 0.6) is 0 Å². The Morgan fingerprint density at radius 2 is 0.759 bits per heavy atom. The topological polar surface area (TPSA) is 160 Å². The Balaban J connectivity index is 4.30. The molecule has 0 aliphatic rings. The van der Waals surface area contributed by atoms with Gasteiger partial charge in [0.2, 0.25) is 0 Å². The zero-order valence-corrected chi connectivity index (χ0v) is 35.3. The maximum absolute atomic E-state index is 12.3. The summed E-state index contributed by atoms with van der Waals surface area (Å²) in [4.78, 5) is 28.8. The van der Waals surface area contributed by atoms with Crippen molar-refractivity contribution in [1.82, 2.24) is 9.80 Å². The molecule has 0 aromatic carbocycles. The molecule has 0 saturated heterocycles. The van der Waals surface area contributed by atoms with Crippen molar-refractivity contribution in [2.45, 2.75) is 212 Å². The summed E-state index contributed by atoms with van der Waals surface area (Å²) in [7, 11) is 0. The van der Waals surface area contributed by atoms with Gasteiger partial charge >= 0.3 is 11.9 Å². The fraction of sp³-hybridized carbons (Fsp3) is 0.953. The van der Waals surface area contributed by atoms with Crippen LogP contribution >= 0.6 is 0 Å². The Bertz CT molecular complexity index is 832. The van der Waals surface area contributed by atoms with Crippen LogP contribution in [0.3, 0.4) is 0 Å². The molecule has 0 bridgehead atoms. The normalized spacial score (nSPS) is 14.6. The summed E-state index contributed by atoms with van der Waals surface area (Å²) in [6, 6.07) is 0. The van der Waals surface area contributed by atoms with E-state index >= 15 is 0 Å². The van der Waals surface area contributed by atoms with Gasteiger partial charge in [0.05, 0.1) is 56.6 Å². The van der Waals surface area contributed by atoms with Crippen LogP contribution in [0.25, 0.3) is 0 Å². The van der Waals surface area contributed by atoms with Gasteiger partial charge in [0.15, 0.2) is 0 Å². The molecule has 0 saturated carbocycles. The SMILES string of the molecule is CCCCCCC(O)CN(CCCCCOC(=O)CC(O)CC(=O)OCCCCCN(CC(O)CCCCCC)CC(O)CCCCCC)CC(O)CC. The Labute approximate surface area is 330 Å². The summed E-state index contributed by atoms with van der Waals surface area (Å²) in [6.45, 7) is 12.7. The summed E-state index contributed by atoms with van der Waals surface area (Å²) in [5, 5.41) is 52.2. The van der Waals surface area contributed by atoms with Crippen molar-refractivity contribution >= 4 is 11.9 Å². The van der Waals surface area contributed by atoms with Crippen LogP contribution < -0.4 is 0 Å². The number of unbranched alkanes of at least 4 members (excludes halogenated alkanes) is 13. The van der Waals surface area contributed by atoms with Gasteiger partial charge < -0.3 is 35.0 Å². The molecule has 54 heavy (non-hydrogen) atoms. The highest BCUT2D eigenvalue weighted by Crippen LogP contribution is 2.13. The van der Waals surface area contributed by atoms with Gasteiger partial charge in [-0.25, -0.2) is 0 Å². The van der Waals surface area contributed by atoms with Gasteiger partial charge in [0, 0.05) is 26.2 Å². The maximum Gasteiger partial charge on any atom is 0.308 e. The molecule has 322 valence electrons. The van der Waals surface area contributed by atoms with Crippen molar-refractivity contribution in [1.29, 1.82) is 0 Å². The number of rotatable bonds is 40. The van der Waals surface area contributed by atoms with E-state index in [1.807, 2.05) is 6.92 Å². The minimum Gasteiger partial charge on any atom is -0.466 e. The second-order valence-corrected chi connectivity index (χ2v) is 15.7. The van der Waals surface area contributed by atoms with E-state index in [1.54, 1.807) is 0 Å². The number of carbonyl (C=O) groups is 2. The van der Waals surface area contributed by atoms with E-state index in [0.717, 1.165) is 103 Å². The minimum absolute atomic E-state index is 0.237. The molecule has 0 aromatic rings. The number of aliphatic hydroxyl groups is 5. The van der Waals surface area contributed by atoms with Crippen LogP contribution in [0.4, 0.5) is 0 Å². The molecule has 0 aliphatic carbocycles. The predicted molar refractivity (Wildman–Crippen MR) is 218 cm³/mol. The summed E-state index contributed by atoms with van der Waals surface area (Å²) < 4.78 is 10.6. The molecule has 11 heteroatoms. The first kappa shape index (κ1) is 52.7. The Morgan fingerprint density at radius 1 is 0.426 bits per heavy atom. The molecule has 5 N–H and O–H groups in total. The van der Waals surface area contributed by atoms with Crippen LogP contribution in [0.1, 0.15) is 182 Å². The maximum atomic E-state index is 12.3. The first-order valence-electron chi connectivity index (χ1n) is 22.2. The average Bonchev–Trinajstić information content (AvgIpc) is 3.12. The largest absolute Gasteiger partial charge is 0.466 e. The Hall–Kier alpha value is -1.34. The third kappa shape index (κ3) is 34.0. The lowest BCUT2D eigenvalue weighted by atomic mass is 10.1. The predicted octanol–water partition coefficient (Wildman–Crippen LogP) is 6.92. The van der Waals surface area contributed by atoms with E-state index in [9.17, 15) is 35.1 Å². The highest BCUT2D eigenvalue weighted by molar-refractivity contribution is 5.73. The van der Waals surface area contributed by atoms with Gasteiger partial charge in [-0.2, -0.15) is 0 Å². The molecule has 0 rings (SSSR count). The molecule has 5 unspecified atom stereocenters. The number of carbonyl (C=O) groups excluding carboxylic acids is 2. The standard InChI is InChI=1S/C43H86N2O9/c1-5-9-12-17-24-38(47)34-44(33-37(46)8-4)27-20-15-22-29-53-42(51)31-41(50)32-43(52)54-30-23-16-21-28-45(35-39(48)25-18-13-10-6-2)36-40(49)26-19-14-11-7-3/h37-41,46-50H,5-36H2,1-4H3. The molecule has 11 nitrogen and oxygen atoms in total. The highest BCUT2D eigenvalue weighted by atomic mass is 16.5. The van der Waals surface area contributed by atoms with Crippen LogP contribution in [-0.4, -0.2) is 130 Å². The van der Waals surface area contributed by atoms with Gasteiger partial charge in [0.25, 0.3) is 0 Å². The van der Waals surface area contributed by atoms with Gasteiger partial charge in [-0.05, 0) is 77.3 Å². The minimum atomic E-state index is -1.16. The molecular formula is C43H86N2O9. The van der Waals surface area contributed by atoms with Crippen molar-refractivity contribution in [3.63, 3.8) is 0 Å². The Morgan fingerprint density at radius 3 is 1.09 bits per heavy atom. The lowest BCUT2D eigenvalue weighted by Gasteiger charge is -2.27. The molecule has 0 heterocycles. The summed E-state index contributed by atoms with van der Waals surface area (Å²) >= 11 is 0. The van der Waals surface area contributed by atoms with Crippen molar-refractivity contribution in [3.8, 4) is 0 Å². The second-order valence-electron chi connectivity index (χ2n) is 15.7. The van der Waals surface area contributed by atoms with E-state index in [1.165, 1.54) is 32.1 Å². The average molecular weight is 775 g/mol. The molecular weight excluding hydrogens is 688 g/mol. The third-order valence-corrected chi connectivity index (χ3v) is 10.1. The summed E-state index contributed by atoms with van der Waals surface area (Å²) in [5.41, 5.74) is 0. The number of ether oxygens (including phenoxy) is 2. The van der Waals surface area contributed by atoms with E-state index in [4.69, 9.17) is 9.47 Å². The first-order valence-corrected chi connectivity index (χ1v) is 22.2. The van der Waals surface area contributed by atoms with Crippen molar-refractivity contribution in [3.05, 3.63) is 0 Å². The zero-order chi connectivity index (χ0) is 40.2. The number of esters is 2. The number of nitrogens with zero attached hydrogens (tertiary/aromatic N) is 2. The van der Waals surface area contributed by atoms with Crippen molar-refractivity contribution < 1.29 is 44.6 Å². The molecule has 0 aliphatic heterocycles. The van der Waals surface area contributed by atoms with Crippen LogP contribution in [0, 0.1) is 0 Å². The number of aliphatic hydroxyl groups excluding tert-OH is 5. The van der Waals surface area contributed by atoms with Crippen LogP contribution in [0.15, 0.2) is 0 Å². The molecule has 0 amide bonds. The monoisotopic (exact) mass is 775 g/mol. The van der Waals surface area contributed by atoms with Crippen LogP contribution in [0.2, 0.25) is 0 Å². The fourth-order valence-electron chi connectivity index (χ4n) is 6.70. The highest BCUT2D eigenvalue weighted by Gasteiger charge is 2.19. The van der Waals surface area contributed by atoms with E-state index in [-0.39, 0.29) is 26.1 Å². The molecule has 0 spiro atoms. The van der Waals surface area contributed by atoms with E-state index in [0.29, 0.717) is 45.4 Å². The van der Waals surface area contributed by atoms with Gasteiger partial charge in [0.1, 0.15) is 0 Å². The first-order chi connectivity index (χ1) is 26.0. The van der Waals surface area contributed by atoms with E-state index in [2.05, 4.69) is 30.6 Å². The van der Waals surface area contributed by atoms with Crippen molar-refractivity contribution in [2.24, 2.45) is 0 Å². The molecule has 0 radical (unpaired) electrons. The van der Waals surface area contributed by atoms with Gasteiger partial charge in [-0.15, -0.1) is 0 Å². The molecule has 0 fully saturated rings. The van der Waals surface area contributed by atoms with Gasteiger partial charge in [-0.3, -0.25) is 19.4 Å². The second kappa shape index (κ2) is 37.2. The number of hydrogen-bond donors (Lipinski definition) is 5. The van der Waals surface area contributed by atoms with E-state index < -0.39 is 42.5 Å². The lowest BCUT2D eigenvalue weighted by molar-refractivity contribution is -0.149. The summed E-state index contributed by atoms with van der Waals surface area (Å²) in [6.07, 6.45) is 17.9. The number of hydrogen-bond acceptors (Lipinski definition) is 11. The summed E-state index contributed by atoms with van der Waals surface area (Å²) in [5.74, 6) is -1.09. The van der Waals surface area contributed by atoms with Crippen LogP contribution in [-0.2, 0) is 19.1 Å². The quantitative estimate of drug-likeness (QED) is 0.0325.